The summed E-state index contributed by atoms with van der Waals surface area (Å²) in [7, 11) is 0. The van der Waals surface area contributed by atoms with E-state index in [-0.39, 0.29) is 0 Å². The van der Waals surface area contributed by atoms with E-state index in [0.29, 0.717) is 11.1 Å². The van der Waals surface area contributed by atoms with Crippen LogP contribution in [0.2, 0.25) is 0 Å². The Hall–Kier alpha value is -5.88. The molecule has 6 aromatic carbocycles. The van der Waals surface area contributed by atoms with Crippen LogP contribution in [-0.2, 0) is 0 Å². The monoisotopic (exact) mass is 564 g/mol. The van der Waals surface area contributed by atoms with E-state index in [9.17, 15) is 10.5 Å². The normalized spacial score (nSPS) is 11.7. The number of para-hydroxylation sites is 2. The molecule has 0 atom stereocenters. The van der Waals surface area contributed by atoms with Crippen molar-refractivity contribution in [3.8, 4) is 23.5 Å². The molecule has 0 aliphatic rings. The van der Waals surface area contributed by atoms with E-state index in [1.165, 1.54) is 30.9 Å². The van der Waals surface area contributed by atoms with Crippen molar-refractivity contribution in [2.75, 3.05) is 0 Å². The van der Waals surface area contributed by atoms with Crippen LogP contribution >= 0.6 is 11.3 Å². The van der Waals surface area contributed by atoms with Crippen LogP contribution in [0.4, 0.5) is 0 Å². The molecular formula is C38H20N4S. The molecule has 3 heterocycles. The van der Waals surface area contributed by atoms with Gasteiger partial charge in [0.1, 0.15) is 0 Å². The number of hydrogen-bond acceptors (Lipinski definition) is 3. The van der Waals surface area contributed by atoms with Gasteiger partial charge >= 0.3 is 0 Å². The molecule has 9 aromatic rings. The maximum Gasteiger partial charge on any atom is 0.0992 e. The Balaban J connectivity index is 1.32. The smallest absolute Gasteiger partial charge is 0.0992 e. The van der Waals surface area contributed by atoms with Crippen molar-refractivity contribution in [1.29, 1.82) is 10.5 Å². The van der Waals surface area contributed by atoms with Crippen LogP contribution < -0.4 is 0 Å². The summed E-state index contributed by atoms with van der Waals surface area (Å²) in [5.41, 5.74) is 7.71. The van der Waals surface area contributed by atoms with Crippen LogP contribution in [0.5, 0.6) is 0 Å². The largest absolute Gasteiger partial charge is 0.309 e. The number of thiophene rings is 1. The molecule has 5 heteroatoms. The highest BCUT2D eigenvalue weighted by atomic mass is 32.1. The first-order valence-electron chi connectivity index (χ1n) is 14.1. The molecule has 3 aromatic heterocycles. The summed E-state index contributed by atoms with van der Waals surface area (Å²) in [4.78, 5) is 0. The number of rotatable bonds is 2. The van der Waals surface area contributed by atoms with Gasteiger partial charge in [-0.3, -0.25) is 0 Å². The molecule has 0 spiro atoms. The Morgan fingerprint density at radius 3 is 1.33 bits per heavy atom. The minimum absolute atomic E-state index is 0.647. The molecule has 4 nitrogen and oxygen atoms in total. The Kier molecular flexibility index (Phi) is 4.87. The average molecular weight is 565 g/mol. The molecule has 198 valence electrons. The standard InChI is InChI=1S/C38H20N4S/c39-21-23-9-13-29-27-5-1-3-7-33(27)41(35(29)17-23)25-11-15-37-31(19-25)32-20-26(12-16-38(32)43-37)42-34-8-4-2-6-28(34)30-14-10-24(22-40)18-36(30)42/h1-20H. The summed E-state index contributed by atoms with van der Waals surface area (Å²) in [6, 6.07) is 46.7. The van der Waals surface area contributed by atoms with Gasteiger partial charge < -0.3 is 9.13 Å². The molecule has 0 unspecified atom stereocenters. The molecule has 0 N–H and O–H groups in total. The maximum atomic E-state index is 9.66. The number of hydrogen-bond donors (Lipinski definition) is 0. The van der Waals surface area contributed by atoms with Gasteiger partial charge in [0.15, 0.2) is 0 Å². The fourth-order valence-corrected chi connectivity index (χ4v) is 7.73. The van der Waals surface area contributed by atoms with Crippen LogP contribution in [0.3, 0.4) is 0 Å². The van der Waals surface area contributed by atoms with Crippen molar-refractivity contribution >= 4 is 75.1 Å². The van der Waals surface area contributed by atoms with Crippen molar-refractivity contribution in [2.24, 2.45) is 0 Å². The van der Waals surface area contributed by atoms with Crippen molar-refractivity contribution in [2.45, 2.75) is 0 Å². The third-order valence-electron chi connectivity index (χ3n) is 8.56. The van der Waals surface area contributed by atoms with Gasteiger partial charge in [0.05, 0.1) is 45.3 Å². The van der Waals surface area contributed by atoms with Gasteiger partial charge in [0.25, 0.3) is 0 Å². The summed E-state index contributed by atoms with van der Waals surface area (Å²) < 4.78 is 7.00. The molecule has 0 saturated heterocycles. The molecule has 0 bridgehead atoms. The van der Waals surface area contributed by atoms with E-state index in [1.54, 1.807) is 11.3 Å². The van der Waals surface area contributed by atoms with Crippen LogP contribution in [0, 0.1) is 22.7 Å². The van der Waals surface area contributed by atoms with Gasteiger partial charge in [0, 0.05) is 53.1 Å². The van der Waals surface area contributed by atoms with Crippen molar-refractivity contribution in [3.63, 3.8) is 0 Å². The first kappa shape index (κ1) is 23.8. The lowest BCUT2D eigenvalue weighted by molar-refractivity contribution is 1.18. The lowest BCUT2D eigenvalue weighted by Gasteiger charge is -2.10. The third-order valence-corrected chi connectivity index (χ3v) is 9.71. The van der Waals surface area contributed by atoms with Crippen LogP contribution in [0.25, 0.3) is 75.2 Å². The average Bonchev–Trinajstić information content (AvgIpc) is 3.70. The summed E-state index contributed by atoms with van der Waals surface area (Å²) in [6.07, 6.45) is 0. The van der Waals surface area contributed by atoms with Gasteiger partial charge in [-0.1, -0.05) is 48.5 Å². The lowest BCUT2D eigenvalue weighted by Crippen LogP contribution is -1.94. The SMILES string of the molecule is N#Cc1ccc2c3ccccc3n(-c3ccc4sc5ccc(-n6c7ccccc7c7ccc(C#N)cc76)cc5c4c3)c2c1. The van der Waals surface area contributed by atoms with Gasteiger partial charge in [-0.05, 0) is 72.8 Å². The second kappa shape index (κ2) is 8.81. The Bertz CT molecular complexity index is 2520. The van der Waals surface area contributed by atoms with Crippen molar-refractivity contribution in [1.82, 2.24) is 9.13 Å². The maximum absolute atomic E-state index is 9.66. The van der Waals surface area contributed by atoms with Gasteiger partial charge in [-0.2, -0.15) is 10.5 Å². The second-order valence-electron chi connectivity index (χ2n) is 10.9. The van der Waals surface area contributed by atoms with Crippen LogP contribution in [0.1, 0.15) is 11.1 Å². The molecule has 0 aliphatic heterocycles. The Labute approximate surface area is 250 Å². The summed E-state index contributed by atoms with van der Waals surface area (Å²) in [6.45, 7) is 0. The molecule has 43 heavy (non-hydrogen) atoms. The first-order chi connectivity index (χ1) is 21.2. The number of benzene rings is 6. The van der Waals surface area contributed by atoms with Crippen molar-refractivity contribution < 1.29 is 0 Å². The van der Waals surface area contributed by atoms with Crippen LogP contribution in [0.15, 0.2) is 121 Å². The van der Waals surface area contributed by atoms with Gasteiger partial charge in [0.2, 0.25) is 0 Å². The molecule has 0 amide bonds. The van der Waals surface area contributed by atoms with E-state index in [1.807, 2.05) is 24.3 Å². The molecule has 9 rings (SSSR count). The van der Waals surface area contributed by atoms with E-state index in [0.717, 1.165) is 44.2 Å². The fourth-order valence-electron chi connectivity index (χ4n) is 6.67. The topological polar surface area (TPSA) is 57.4 Å². The number of fused-ring (bicyclic) bond motifs is 9. The highest BCUT2D eigenvalue weighted by molar-refractivity contribution is 7.25. The van der Waals surface area contributed by atoms with Gasteiger partial charge in [-0.15, -0.1) is 11.3 Å². The van der Waals surface area contributed by atoms with E-state index < -0.39 is 0 Å². The van der Waals surface area contributed by atoms with E-state index in [2.05, 4.69) is 118 Å². The summed E-state index contributed by atoms with van der Waals surface area (Å²) in [5, 5.41) is 26.3. The number of nitriles is 2. The minimum atomic E-state index is 0.647. The first-order valence-corrected chi connectivity index (χ1v) is 14.9. The van der Waals surface area contributed by atoms with Crippen molar-refractivity contribution in [3.05, 3.63) is 132 Å². The van der Waals surface area contributed by atoms with Gasteiger partial charge in [-0.25, -0.2) is 0 Å². The molecule has 0 fully saturated rings. The predicted molar refractivity (Wildman–Crippen MR) is 177 cm³/mol. The number of nitrogens with zero attached hydrogens (tertiary/aromatic N) is 4. The fraction of sp³-hybridized carbons (Fsp3) is 0. The molecule has 0 saturated carbocycles. The van der Waals surface area contributed by atoms with Crippen LogP contribution in [-0.4, -0.2) is 9.13 Å². The molecular weight excluding hydrogens is 545 g/mol. The van der Waals surface area contributed by atoms with E-state index >= 15 is 0 Å². The zero-order chi connectivity index (χ0) is 28.7. The zero-order valence-electron chi connectivity index (χ0n) is 22.7. The quantitative estimate of drug-likeness (QED) is 0.210. The lowest BCUT2D eigenvalue weighted by atomic mass is 10.1. The highest BCUT2D eigenvalue weighted by Crippen LogP contribution is 2.40. The summed E-state index contributed by atoms with van der Waals surface area (Å²) >= 11 is 1.80. The minimum Gasteiger partial charge on any atom is -0.309 e. The number of aromatic nitrogens is 2. The molecule has 0 aliphatic carbocycles. The third kappa shape index (κ3) is 3.35. The zero-order valence-corrected chi connectivity index (χ0v) is 23.6. The predicted octanol–water partition coefficient (Wildman–Crippen LogP) is 9.99. The summed E-state index contributed by atoms with van der Waals surface area (Å²) in [5.74, 6) is 0. The highest BCUT2D eigenvalue weighted by Gasteiger charge is 2.17. The van der Waals surface area contributed by atoms with E-state index in [4.69, 9.17) is 0 Å². The molecule has 0 radical (unpaired) electrons. The second-order valence-corrected chi connectivity index (χ2v) is 11.9. The Morgan fingerprint density at radius 1 is 0.419 bits per heavy atom. The Morgan fingerprint density at radius 2 is 0.860 bits per heavy atom.